The van der Waals surface area contributed by atoms with Crippen molar-refractivity contribution in [2.24, 2.45) is 0 Å². The number of anilines is 1. The molecule has 0 saturated carbocycles. The molecule has 0 radical (unpaired) electrons. The Morgan fingerprint density at radius 2 is 2.00 bits per heavy atom. The second-order valence-corrected chi connectivity index (χ2v) is 5.19. The number of imidazole rings is 1. The van der Waals surface area contributed by atoms with Gasteiger partial charge in [0.05, 0.1) is 19.5 Å². The van der Waals surface area contributed by atoms with E-state index >= 15 is 0 Å². The van der Waals surface area contributed by atoms with Gasteiger partial charge >= 0.3 is 0 Å². The van der Waals surface area contributed by atoms with E-state index in [1.54, 1.807) is 6.33 Å². The molecule has 0 unspecified atom stereocenters. The molecule has 6 nitrogen and oxygen atoms in total. The smallest absolute Gasteiger partial charge is 0.229 e. The Kier molecular flexibility index (Phi) is 3.28. The average Bonchev–Trinajstić information content (AvgIpc) is 2.84. The summed E-state index contributed by atoms with van der Waals surface area (Å²) < 4.78 is 7.34. The molecule has 0 N–H and O–H groups in total. The molecule has 1 fully saturated rings. The second-order valence-electron chi connectivity index (χ2n) is 4.83. The Balaban J connectivity index is 2.08. The van der Waals surface area contributed by atoms with Crippen LogP contribution < -0.4 is 4.90 Å². The minimum absolute atomic E-state index is 0.286. The fourth-order valence-corrected chi connectivity index (χ4v) is 2.36. The van der Waals surface area contributed by atoms with E-state index in [0.717, 1.165) is 18.7 Å². The van der Waals surface area contributed by atoms with Crippen molar-refractivity contribution in [2.45, 2.75) is 19.9 Å². The van der Waals surface area contributed by atoms with Crippen LogP contribution in [0.1, 0.15) is 19.9 Å². The summed E-state index contributed by atoms with van der Waals surface area (Å²) in [6, 6.07) is 0.286. The predicted molar refractivity (Wildman–Crippen MR) is 73.8 cm³/mol. The summed E-state index contributed by atoms with van der Waals surface area (Å²) in [5, 5.41) is 0.408. The molecule has 3 rings (SSSR count). The number of fused-ring (bicyclic) bond motifs is 1. The minimum atomic E-state index is 0.286. The van der Waals surface area contributed by atoms with E-state index in [0.29, 0.717) is 29.8 Å². The maximum Gasteiger partial charge on any atom is 0.229 e. The van der Waals surface area contributed by atoms with Gasteiger partial charge in [0.25, 0.3) is 0 Å². The maximum atomic E-state index is 6.21. The summed E-state index contributed by atoms with van der Waals surface area (Å²) in [7, 11) is 0. The van der Waals surface area contributed by atoms with Crippen molar-refractivity contribution in [3.8, 4) is 0 Å². The van der Waals surface area contributed by atoms with Crippen molar-refractivity contribution in [2.75, 3.05) is 31.2 Å². The fourth-order valence-electron chi connectivity index (χ4n) is 2.15. The molecule has 1 aliphatic heterocycles. The molecule has 7 heteroatoms. The molecule has 1 saturated heterocycles. The number of halogens is 1. The Bertz CT molecular complexity index is 591. The topological polar surface area (TPSA) is 56.1 Å². The van der Waals surface area contributed by atoms with Crippen molar-refractivity contribution in [1.29, 1.82) is 0 Å². The molecule has 1 aliphatic rings. The van der Waals surface area contributed by atoms with Crippen LogP contribution in [0.5, 0.6) is 0 Å². The van der Waals surface area contributed by atoms with E-state index < -0.39 is 0 Å². The van der Waals surface area contributed by atoms with E-state index in [4.69, 9.17) is 16.3 Å². The molecule has 19 heavy (non-hydrogen) atoms. The monoisotopic (exact) mass is 281 g/mol. The van der Waals surface area contributed by atoms with Gasteiger partial charge in [0, 0.05) is 19.1 Å². The van der Waals surface area contributed by atoms with Crippen LogP contribution in [0, 0.1) is 0 Å². The first-order valence-electron chi connectivity index (χ1n) is 6.39. The molecule has 0 aromatic carbocycles. The van der Waals surface area contributed by atoms with Crippen molar-refractivity contribution in [1.82, 2.24) is 19.5 Å². The first-order chi connectivity index (χ1) is 9.16. The van der Waals surface area contributed by atoms with Gasteiger partial charge in [0.15, 0.2) is 10.8 Å². The number of aromatic nitrogens is 4. The third-order valence-corrected chi connectivity index (χ3v) is 3.48. The quantitative estimate of drug-likeness (QED) is 0.787. The molecule has 0 aliphatic carbocycles. The summed E-state index contributed by atoms with van der Waals surface area (Å²) in [6.45, 7) is 7.15. The van der Waals surface area contributed by atoms with Gasteiger partial charge < -0.3 is 14.2 Å². The second kappa shape index (κ2) is 4.94. The van der Waals surface area contributed by atoms with Gasteiger partial charge in [-0.1, -0.05) is 11.6 Å². The molecule has 0 amide bonds. The number of ether oxygens (including phenoxy) is 1. The van der Waals surface area contributed by atoms with Gasteiger partial charge in [-0.15, -0.1) is 0 Å². The lowest BCUT2D eigenvalue weighted by molar-refractivity contribution is 0.122. The van der Waals surface area contributed by atoms with Gasteiger partial charge in [-0.2, -0.15) is 9.97 Å². The molecule has 2 aromatic heterocycles. The summed E-state index contributed by atoms with van der Waals surface area (Å²) in [5.41, 5.74) is 1.45. The molecule has 0 spiro atoms. The van der Waals surface area contributed by atoms with Gasteiger partial charge in [0.1, 0.15) is 5.52 Å². The lowest BCUT2D eigenvalue weighted by atomic mass is 10.4. The Labute approximate surface area is 116 Å². The number of hydrogen-bond donors (Lipinski definition) is 0. The third kappa shape index (κ3) is 2.26. The summed E-state index contributed by atoms with van der Waals surface area (Å²) in [6.07, 6.45) is 1.76. The van der Waals surface area contributed by atoms with Crippen molar-refractivity contribution in [3.63, 3.8) is 0 Å². The van der Waals surface area contributed by atoms with Gasteiger partial charge in [-0.25, -0.2) is 4.98 Å². The minimum Gasteiger partial charge on any atom is -0.378 e. The highest BCUT2D eigenvalue weighted by molar-refractivity contribution is 6.33. The highest BCUT2D eigenvalue weighted by atomic mass is 35.5. The number of hydrogen-bond acceptors (Lipinski definition) is 5. The Morgan fingerprint density at radius 1 is 1.26 bits per heavy atom. The average molecular weight is 282 g/mol. The van der Waals surface area contributed by atoms with Gasteiger partial charge in [-0.05, 0) is 13.8 Å². The maximum absolute atomic E-state index is 6.21. The lowest BCUT2D eigenvalue weighted by Crippen LogP contribution is -2.37. The van der Waals surface area contributed by atoms with E-state index in [1.165, 1.54) is 0 Å². The number of rotatable bonds is 2. The molecule has 0 atom stereocenters. The van der Waals surface area contributed by atoms with E-state index in [-0.39, 0.29) is 6.04 Å². The van der Waals surface area contributed by atoms with Crippen molar-refractivity contribution < 1.29 is 4.74 Å². The fraction of sp³-hybridized carbons (Fsp3) is 0.583. The zero-order valence-corrected chi connectivity index (χ0v) is 11.8. The highest BCUT2D eigenvalue weighted by Gasteiger charge is 2.18. The summed E-state index contributed by atoms with van der Waals surface area (Å²) in [5.74, 6) is 0.656. The summed E-state index contributed by atoms with van der Waals surface area (Å²) in [4.78, 5) is 15.3. The SMILES string of the molecule is CC(C)n1cnc2c(Cl)nc(N3CCOCC3)nc21. The zero-order valence-electron chi connectivity index (χ0n) is 11.0. The molecule has 2 aromatic rings. The van der Waals surface area contributed by atoms with Gasteiger partial charge in [0.2, 0.25) is 5.95 Å². The van der Waals surface area contributed by atoms with Crippen molar-refractivity contribution >= 4 is 28.7 Å². The highest BCUT2D eigenvalue weighted by Crippen LogP contribution is 2.24. The Morgan fingerprint density at radius 3 is 2.68 bits per heavy atom. The molecule has 3 heterocycles. The van der Waals surface area contributed by atoms with E-state index in [1.807, 2.05) is 4.57 Å². The number of morpholine rings is 1. The standard InChI is InChI=1S/C12H16ClN5O/c1-8(2)18-7-14-9-10(13)15-12(16-11(9)18)17-3-5-19-6-4-17/h7-8H,3-6H2,1-2H3. The predicted octanol–water partition coefficient (Wildman–Crippen LogP) is 1.90. The summed E-state index contributed by atoms with van der Waals surface area (Å²) >= 11 is 6.21. The normalized spacial score (nSPS) is 16.5. The van der Waals surface area contributed by atoms with Gasteiger partial charge in [-0.3, -0.25) is 0 Å². The third-order valence-electron chi connectivity index (χ3n) is 3.22. The van der Waals surface area contributed by atoms with Crippen LogP contribution in [-0.2, 0) is 4.74 Å². The molecule has 102 valence electrons. The van der Waals surface area contributed by atoms with E-state index in [9.17, 15) is 0 Å². The lowest BCUT2D eigenvalue weighted by Gasteiger charge is -2.26. The first kappa shape index (κ1) is 12.6. The van der Waals surface area contributed by atoms with Crippen LogP contribution in [0.3, 0.4) is 0 Å². The van der Waals surface area contributed by atoms with E-state index in [2.05, 4.69) is 33.7 Å². The van der Waals surface area contributed by atoms with Crippen molar-refractivity contribution in [3.05, 3.63) is 11.5 Å². The van der Waals surface area contributed by atoms with Crippen LogP contribution in [0.25, 0.3) is 11.2 Å². The number of nitrogens with zero attached hydrogens (tertiary/aromatic N) is 5. The Hall–Kier alpha value is -1.40. The van der Waals surface area contributed by atoms with Crippen LogP contribution in [-0.4, -0.2) is 45.8 Å². The zero-order chi connectivity index (χ0) is 13.4. The van der Waals surface area contributed by atoms with Crippen LogP contribution in [0.15, 0.2) is 6.33 Å². The van der Waals surface area contributed by atoms with Crippen LogP contribution in [0.4, 0.5) is 5.95 Å². The molecular formula is C12H16ClN5O. The molecular weight excluding hydrogens is 266 g/mol. The van der Waals surface area contributed by atoms with Crippen LogP contribution in [0.2, 0.25) is 5.15 Å². The first-order valence-corrected chi connectivity index (χ1v) is 6.77. The largest absolute Gasteiger partial charge is 0.378 e. The van der Waals surface area contributed by atoms with Crippen LogP contribution >= 0.6 is 11.6 Å². The molecule has 0 bridgehead atoms.